The van der Waals surface area contributed by atoms with Crippen LogP contribution < -0.4 is 10.2 Å². The second-order valence-corrected chi connectivity index (χ2v) is 8.06. The number of aryl methyl sites for hydroxylation is 1. The van der Waals surface area contributed by atoms with E-state index in [4.69, 9.17) is 14.6 Å². The van der Waals surface area contributed by atoms with Crippen molar-refractivity contribution in [2.45, 2.75) is 33.4 Å². The smallest absolute Gasteiger partial charge is 0.290 e. The number of H-pyrrole nitrogens is 1. The van der Waals surface area contributed by atoms with Crippen molar-refractivity contribution in [2.24, 2.45) is 5.92 Å². The molecule has 2 amide bonds. The SMILES string of the molecule is CCOCc1nnc(N2CC(C(=O)NCc3ccc4nc(C)[nH]c4c3)CC2=O)s1.O=CO. The number of nitrogens with zero attached hydrogens (tertiary/aromatic N) is 4. The van der Waals surface area contributed by atoms with E-state index in [9.17, 15) is 9.59 Å². The molecule has 170 valence electrons. The number of hydrogen-bond donors (Lipinski definition) is 3. The number of fused-ring (bicyclic) bond motifs is 1. The Labute approximate surface area is 187 Å². The summed E-state index contributed by atoms with van der Waals surface area (Å²) >= 11 is 1.32. The van der Waals surface area contributed by atoms with Crippen molar-refractivity contribution in [1.82, 2.24) is 25.5 Å². The number of nitrogens with one attached hydrogen (secondary N) is 2. The summed E-state index contributed by atoms with van der Waals surface area (Å²) in [4.78, 5) is 42.4. The molecule has 1 aromatic carbocycles. The molecule has 1 aliphatic rings. The maximum atomic E-state index is 12.6. The van der Waals surface area contributed by atoms with Gasteiger partial charge in [0, 0.05) is 26.1 Å². The van der Waals surface area contributed by atoms with Gasteiger partial charge in [0.05, 0.1) is 17.0 Å². The summed E-state index contributed by atoms with van der Waals surface area (Å²) in [6, 6.07) is 5.84. The van der Waals surface area contributed by atoms with Crippen LogP contribution in [-0.2, 0) is 32.3 Å². The maximum absolute atomic E-state index is 12.6. The van der Waals surface area contributed by atoms with Crippen LogP contribution in [-0.4, -0.2) is 56.7 Å². The lowest BCUT2D eigenvalue weighted by Crippen LogP contribution is -2.32. The highest BCUT2D eigenvalue weighted by Crippen LogP contribution is 2.28. The Bertz CT molecular complexity index is 1100. The number of imidazole rings is 1. The number of carboxylic acid groups (broad SMARTS) is 1. The summed E-state index contributed by atoms with van der Waals surface area (Å²) in [7, 11) is 0. The van der Waals surface area contributed by atoms with Crippen LogP contribution in [0.15, 0.2) is 18.2 Å². The fraction of sp³-hybridized carbons (Fsp3) is 0.400. The Morgan fingerprint density at radius 3 is 2.97 bits per heavy atom. The van der Waals surface area contributed by atoms with Gasteiger partial charge in [0.1, 0.15) is 17.4 Å². The van der Waals surface area contributed by atoms with E-state index in [0.29, 0.717) is 36.4 Å². The fourth-order valence-electron chi connectivity index (χ4n) is 3.30. The molecule has 0 spiro atoms. The van der Waals surface area contributed by atoms with E-state index in [1.165, 1.54) is 16.2 Å². The zero-order valence-electron chi connectivity index (χ0n) is 17.7. The van der Waals surface area contributed by atoms with Gasteiger partial charge < -0.3 is 20.1 Å². The van der Waals surface area contributed by atoms with Gasteiger partial charge in [-0.05, 0) is 31.5 Å². The number of carbonyl (C=O) groups excluding carboxylic acids is 2. The lowest BCUT2D eigenvalue weighted by atomic mass is 10.1. The summed E-state index contributed by atoms with van der Waals surface area (Å²) in [5.74, 6) is 0.200. The largest absolute Gasteiger partial charge is 0.483 e. The van der Waals surface area contributed by atoms with E-state index in [0.717, 1.165) is 22.4 Å². The molecule has 2 aromatic heterocycles. The van der Waals surface area contributed by atoms with Crippen LogP contribution >= 0.6 is 11.3 Å². The number of hydrogen-bond acceptors (Lipinski definition) is 8. The van der Waals surface area contributed by atoms with Crippen molar-refractivity contribution in [3.8, 4) is 0 Å². The second kappa shape index (κ2) is 10.8. The van der Waals surface area contributed by atoms with Crippen LogP contribution in [0.2, 0.25) is 0 Å². The minimum absolute atomic E-state index is 0.112. The quantitative estimate of drug-likeness (QED) is 0.450. The topological polar surface area (TPSA) is 150 Å². The molecule has 12 heteroatoms. The lowest BCUT2D eigenvalue weighted by Gasteiger charge is -2.12. The van der Waals surface area contributed by atoms with Gasteiger partial charge in [-0.3, -0.25) is 19.3 Å². The van der Waals surface area contributed by atoms with Gasteiger partial charge in [0.25, 0.3) is 6.47 Å². The lowest BCUT2D eigenvalue weighted by molar-refractivity contribution is -0.126. The van der Waals surface area contributed by atoms with Crippen molar-refractivity contribution >= 4 is 45.8 Å². The highest BCUT2D eigenvalue weighted by atomic mass is 32.1. The number of amides is 2. The zero-order valence-corrected chi connectivity index (χ0v) is 18.5. The first kappa shape index (κ1) is 23.3. The monoisotopic (exact) mass is 460 g/mol. The summed E-state index contributed by atoms with van der Waals surface area (Å²) in [5.41, 5.74) is 2.81. The van der Waals surface area contributed by atoms with Gasteiger partial charge in [-0.15, -0.1) is 10.2 Å². The molecule has 32 heavy (non-hydrogen) atoms. The van der Waals surface area contributed by atoms with E-state index in [2.05, 4.69) is 25.5 Å². The third-order valence-electron chi connectivity index (χ3n) is 4.74. The van der Waals surface area contributed by atoms with Crippen molar-refractivity contribution in [2.75, 3.05) is 18.1 Å². The van der Waals surface area contributed by atoms with E-state index in [-0.39, 0.29) is 24.7 Å². The van der Waals surface area contributed by atoms with E-state index < -0.39 is 5.92 Å². The Balaban J connectivity index is 0.000000913. The van der Waals surface area contributed by atoms with Crippen LogP contribution in [0.25, 0.3) is 11.0 Å². The summed E-state index contributed by atoms with van der Waals surface area (Å²) in [6.45, 7) is 5.24. The molecule has 0 radical (unpaired) electrons. The van der Waals surface area contributed by atoms with E-state index in [1.54, 1.807) is 0 Å². The molecule has 1 aliphatic heterocycles. The average Bonchev–Trinajstić information content (AvgIpc) is 3.48. The zero-order chi connectivity index (χ0) is 23.1. The standard InChI is InChI=1S/C19H22N6O3S.CH2O2/c1-3-28-10-16-23-24-19(29-16)25-9-13(7-17(25)26)18(27)20-8-12-4-5-14-15(6-12)22-11(2)21-14;2-1-3/h4-6,13H,3,7-10H2,1-2H3,(H,20,27)(H,21,22);1H,(H,2,3). The van der Waals surface area contributed by atoms with Crippen LogP contribution in [0, 0.1) is 12.8 Å². The molecular formula is C20H24N6O5S. The Morgan fingerprint density at radius 2 is 2.22 bits per heavy atom. The molecule has 3 heterocycles. The molecule has 1 atom stereocenters. The first-order valence-corrected chi connectivity index (χ1v) is 10.8. The van der Waals surface area contributed by atoms with Gasteiger partial charge in [-0.2, -0.15) is 0 Å². The first-order valence-electron chi connectivity index (χ1n) is 9.96. The van der Waals surface area contributed by atoms with Crippen molar-refractivity contribution < 1.29 is 24.2 Å². The fourth-order valence-corrected chi connectivity index (χ4v) is 4.10. The predicted octanol–water partition coefficient (Wildman–Crippen LogP) is 1.63. The van der Waals surface area contributed by atoms with E-state index in [1.807, 2.05) is 32.0 Å². The average molecular weight is 461 g/mol. The number of rotatable bonds is 7. The highest BCUT2D eigenvalue weighted by Gasteiger charge is 2.36. The number of ether oxygens (including phenoxy) is 1. The third kappa shape index (κ3) is 5.65. The molecule has 1 saturated heterocycles. The molecule has 3 aromatic rings. The Kier molecular flexibility index (Phi) is 7.84. The second-order valence-electron chi connectivity index (χ2n) is 7.02. The van der Waals surface area contributed by atoms with Crippen molar-refractivity contribution in [3.05, 3.63) is 34.6 Å². The highest BCUT2D eigenvalue weighted by molar-refractivity contribution is 7.15. The molecule has 0 aliphatic carbocycles. The maximum Gasteiger partial charge on any atom is 0.290 e. The van der Waals surface area contributed by atoms with Crippen molar-refractivity contribution in [1.29, 1.82) is 0 Å². The molecule has 0 bridgehead atoms. The molecule has 1 unspecified atom stereocenters. The van der Waals surface area contributed by atoms with Gasteiger partial charge in [0.2, 0.25) is 16.9 Å². The number of aromatic amines is 1. The van der Waals surface area contributed by atoms with Gasteiger partial charge in [-0.25, -0.2) is 4.98 Å². The molecule has 3 N–H and O–H groups in total. The number of anilines is 1. The van der Waals surface area contributed by atoms with Crippen LogP contribution in [0.1, 0.15) is 29.7 Å². The van der Waals surface area contributed by atoms with Crippen molar-refractivity contribution in [3.63, 3.8) is 0 Å². The van der Waals surface area contributed by atoms with Crippen LogP contribution in [0.4, 0.5) is 5.13 Å². The third-order valence-corrected chi connectivity index (χ3v) is 5.66. The normalized spacial score (nSPS) is 15.5. The van der Waals surface area contributed by atoms with Crippen LogP contribution in [0.5, 0.6) is 0 Å². The summed E-state index contributed by atoms with van der Waals surface area (Å²) in [6.07, 6.45) is 0.172. The van der Waals surface area contributed by atoms with Crippen LogP contribution in [0.3, 0.4) is 0 Å². The summed E-state index contributed by atoms with van der Waals surface area (Å²) in [5, 5.41) is 19.2. The Morgan fingerprint density at radius 1 is 1.44 bits per heavy atom. The summed E-state index contributed by atoms with van der Waals surface area (Å²) < 4.78 is 5.32. The van der Waals surface area contributed by atoms with E-state index >= 15 is 0 Å². The molecule has 4 rings (SSSR count). The van der Waals surface area contributed by atoms with Gasteiger partial charge >= 0.3 is 0 Å². The minimum Gasteiger partial charge on any atom is -0.483 e. The molecule has 0 saturated carbocycles. The Hall–Kier alpha value is -3.38. The number of carbonyl (C=O) groups is 3. The predicted molar refractivity (Wildman–Crippen MR) is 117 cm³/mol. The minimum atomic E-state index is -0.403. The molecule has 1 fully saturated rings. The molecular weight excluding hydrogens is 436 g/mol. The number of benzene rings is 1. The van der Waals surface area contributed by atoms with Gasteiger partial charge in [-0.1, -0.05) is 17.4 Å². The number of aromatic nitrogens is 4. The van der Waals surface area contributed by atoms with Gasteiger partial charge in [0.15, 0.2) is 0 Å². The molecule has 11 nitrogen and oxygen atoms in total. The first-order chi connectivity index (χ1) is 15.4.